The lowest BCUT2D eigenvalue weighted by molar-refractivity contribution is -0.0465. The number of alkyl halides is 2. The number of hydrogen-bond donors (Lipinski definition) is 1. The van der Waals surface area contributed by atoms with E-state index in [-0.39, 0.29) is 17.0 Å². The van der Waals surface area contributed by atoms with Crippen LogP contribution in [0.4, 0.5) is 14.5 Å². The average Bonchev–Trinajstić information content (AvgIpc) is 2.47. The van der Waals surface area contributed by atoms with Crippen molar-refractivity contribution in [3.63, 3.8) is 0 Å². The Morgan fingerprint density at radius 1 is 1.15 bits per heavy atom. The first kappa shape index (κ1) is 13.8. The summed E-state index contributed by atoms with van der Waals surface area (Å²) in [6, 6.07) is 13.6. The average molecular weight is 274 g/mol. The summed E-state index contributed by atoms with van der Waals surface area (Å²) >= 11 is 0. The van der Waals surface area contributed by atoms with E-state index in [1.165, 1.54) is 30.3 Å². The standard InChI is InChI=1S/C15H12F2N2O/c16-15(17,12-4-2-1-3-5-12)10-20-14-7-6-11(9-18)8-13(14)19/h1-8H,10,19H2. The maximum absolute atomic E-state index is 13.9. The van der Waals surface area contributed by atoms with Crippen LogP contribution in [0.3, 0.4) is 0 Å². The summed E-state index contributed by atoms with van der Waals surface area (Å²) in [5, 5.41) is 8.69. The zero-order valence-corrected chi connectivity index (χ0v) is 10.5. The van der Waals surface area contributed by atoms with Crippen molar-refractivity contribution in [2.24, 2.45) is 0 Å². The molecule has 0 aromatic heterocycles. The summed E-state index contributed by atoms with van der Waals surface area (Å²) in [7, 11) is 0. The Kier molecular flexibility index (Phi) is 3.85. The van der Waals surface area contributed by atoms with E-state index in [4.69, 9.17) is 15.7 Å². The molecule has 0 unspecified atom stereocenters. The van der Waals surface area contributed by atoms with Gasteiger partial charge in [-0.05, 0) is 18.2 Å². The van der Waals surface area contributed by atoms with E-state index < -0.39 is 12.5 Å². The van der Waals surface area contributed by atoms with Gasteiger partial charge in [0.25, 0.3) is 0 Å². The molecule has 3 nitrogen and oxygen atoms in total. The molecule has 0 aliphatic carbocycles. The van der Waals surface area contributed by atoms with Crippen LogP contribution in [-0.4, -0.2) is 6.61 Å². The maximum atomic E-state index is 13.9. The van der Waals surface area contributed by atoms with Crippen molar-refractivity contribution in [2.75, 3.05) is 12.3 Å². The maximum Gasteiger partial charge on any atom is 0.306 e. The van der Waals surface area contributed by atoms with Crippen LogP contribution in [-0.2, 0) is 5.92 Å². The molecule has 0 radical (unpaired) electrons. The third kappa shape index (κ3) is 3.04. The van der Waals surface area contributed by atoms with E-state index in [9.17, 15) is 8.78 Å². The first-order valence-electron chi connectivity index (χ1n) is 5.89. The molecule has 20 heavy (non-hydrogen) atoms. The van der Waals surface area contributed by atoms with Gasteiger partial charge in [-0.15, -0.1) is 0 Å². The van der Waals surface area contributed by atoms with Crippen LogP contribution < -0.4 is 10.5 Å². The molecule has 2 rings (SSSR count). The second-order valence-corrected chi connectivity index (χ2v) is 4.22. The highest BCUT2D eigenvalue weighted by atomic mass is 19.3. The van der Waals surface area contributed by atoms with Crippen LogP contribution >= 0.6 is 0 Å². The number of hydrogen-bond acceptors (Lipinski definition) is 3. The molecule has 5 heteroatoms. The largest absolute Gasteiger partial charge is 0.485 e. The van der Waals surface area contributed by atoms with Gasteiger partial charge >= 0.3 is 5.92 Å². The van der Waals surface area contributed by atoms with Gasteiger partial charge in [-0.3, -0.25) is 0 Å². The summed E-state index contributed by atoms with van der Waals surface area (Å²) in [6.07, 6.45) is 0. The Labute approximate surface area is 115 Å². The number of nitrogen functional groups attached to an aromatic ring is 1. The molecule has 0 saturated carbocycles. The molecular formula is C15H12F2N2O. The Morgan fingerprint density at radius 3 is 2.45 bits per heavy atom. The number of nitriles is 1. The minimum atomic E-state index is -3.11. The van der Waals surface area contributed by atoms with E-state index in [0.717, 1.165) is 0 Å². The van der Waals surface area contributed by atoms with Crippen LogP contribution in [0.25, 0.3) is 0 Å². The summed E-state index contributed by atoms with van der Waals surface area (Å²) < 4.78 is 32.9. The molecular weight excluding hydrogens is 262 g/mol. The molecule has 2 aromatic carbocycles. The molecule has 0 amide bonds. The Morgan fingerprint density at radius 2 is 1.85 bits per heavy atom. The van der Waals surface area contributed by atoms with Crippen molar-refractivity contribution in [2.45, 2.75) is 5.92 Å². The van der Waals surface area contributed by atoms with Gasteiger partial charge in [0.15, 0.2) is 6.61 Å². The van der Waals surface area contributed by atoms with Gasteiger partial charge in [0.2, 0.25) is 0 Å². The van der Waals surface area contributed by atoms with Crippen molar-refractivity contribution in [1.29, 1.82) is 5.26 Å². The van der Waals surface area contributed by atoms with Gasteiger partial charge in [0, 0.05) is 5.56 Å². The van der Waals surface area contributed by atoms with Crippen LogP contribution in [0.2, 0.25) is 0 Å². The molecule has 0 bridgehead atoms. The summed E-state index contributed by atoms with van der Waals surface area (Å²) in [5.41, 5.74) is 6.04. The van der Waals surface area contributed by atoms with Gasteiger partial charge in [-0.25, -0.2) is 0 Å². The molecule has 0 fully saturated rings. The first-order chi connectivity index (χ1) is 9.53. The van der Waals surface area contributed by atoms with Crippen molar-refractivity contribution >= 4 is 5.69 Å². The number of anilines is 1. The van der Waals surface area contributed by atoms with Crippen molar-refractivity contribution < 1.29 is 13.5 Å². The Hall–Kier alpha value is -2.61. The van der Waals surface area contributed by atoms with E-state index >= 15 is 0 Å². The van der Waals surface area contributed by atoms with Crippen LogP contribution in [0.15, 0.2) is 48.5 Å². The summed E-state index contributed by atoms with van der Waals surface area (Å²) in [6.45, 7) is -0.812. The first-order valence-corrected chi connectivity index (χ1v) is 5.89. The fourth-order valence-corrected chi connectivity index (χ4v) is 1.68. The molecule has 2 N–H and O–H groups in total. The number of nitrogens with two attached hydrogens (primary N) is 1. The zero-order chi connectivity index (χ0) is 14.6. The van der Waals surface area contributed by atoms with Crippen LogP contribution in [0, 0.1) is 11.3 Å². The van der Waals surface area contributed by atoms with E-state index in [1.807, 2.05) is 6.07 Å². The normalized spacial score (nSPS) is 10.8. The lowest BCUT2D eigenvalue weighted by Crippen LogP contribution is -2.23. The Balaban J connectivity index is 2.11. The Bertz CT molecular complexity index is 636. The topological polar surface area (TPSA) is 59.0 Å². The van der Waals surface area contributed by atoms with Crippen molar-refractivity contribution in [3.8, 4) is 11.8 Å². The summed E-state index contributed by atoms with van der Waals surface area (Å²) in [5.74, 6) is -2.97. The van der Waals surface area contributed by atoms with E-state index in [2.05, 4.69) is 0 Å². The third-order valence-corrected chi connectivity index (χ3v) is 2.74. The van der Waals surface area contributed by atoms with Gasteiger partial charge < -0.3 is 10.5 Å². The van der Waals surface area contributed by atoms with Gasteiger partial charge in [0.1, 0.15) is 5.75 Å². The SMILES string of the molecule is N#Cc1ccc(OCC(F)(F)c2ccccc2)c(N)c1. The molecule has 0 aliphatic rings. The molecule has 0 heterocycles. The van der Waals surface area contributed by atoms with E-state index in [1.54, 1.807) is 18.2 Å². The minimum Gasteiger partial charge on any atom is -0.485 e. The van der Waals surface area contributed by atoms with Gasteiger partial charge in [-0.1, -0.05) is 30.3 Å². The smallest absolute Gasteiger partial charge is 0.306 e. The fraction of sp³-hybridized carbons (Fsp3) is 0.133. The molecule has 0 atom stereocenters. The van der Waals surface area contributed by atoms with Gasteiger partial charge in [-0.2, -0.15) is 14.0 Å². The second kappa shape index (κ2) is 5.57. The third-order valence-electron chi connectivity index (χ3n) is 2.74. The zero-order valence-electron chi connectivity index (χ0n) is 10.5. The lowest BCUT2D eigenvalue weighted by atomic mass is 10.1. The monoisotopic (exact) mass is 274 g/mol. The number of ether oxygens (including phenoxy) is 1. The molecule has 2 aromatic rings. The quantitative estimate of drug-likeness (QED) is 0.870. The lowest BCUT2D eigenvalue weighted by Gasteiger charge is -2.18. The summed E-state index contributed by atoms with van der Waals surface area (Å²) in [4.78, 5) is 0. The van der Waals surface area contributed by atoms with Crippen molar-refractivity contribution in [1.82, 2.24) is 0 Å². The molecule has 0 saturated heterocycles. The number of rotatable bonds is 4. The highest BCUT2D eigenvalue weighted by Gasteiger charge is 2.32. The number of nitrogens with zero attached hydrogens (tertiary/aromatic N) is 1. The second-order valence-electron chi connectivity index (χ2n) is 4.22. The predicted octanol–water partition coefficient (Wildman–Crippen LogP) is 3.31. The predicted molar refractivity (Wildman–Crippen MR) is 71.4 cm³/mol. The molecule has 0 aliphatic heterocycles. The molecule has 0 spiro atoms. The minimum absolute atomic E-state index is 0.118. The van der Waals surface area contributed by atoms with Gasteiger partial charge in [0.05, 0.1) is 17.3 Å². The molecule has 102 valence electrons. The van der Waals surface area contributed by atoms with E-state index in [0.29, 0.717) is 5.56 Å². The number of benzene rings is 2. The number of halogens is 2. The van der Waals surface area contributed by atoms with Crippen LogP contribution in [0.5, 0.6) is 5.75 Å². The fourth-order valence-electron chi connectivity index (χ4n) is 1.68. The van der Waals surface area contributed by atoms with Crippen LogP contribution in [0.1, 0.15) is 11.1 Å². The highest BCUT2D eigenvalue weighted by molar-refractivity contribution is 5.56. The van der Waals surface area contributed by atoms with Crippen molar-refractivity contribution in [3.05, 3.63) is 59.7 Å². The highest BCUT2D eigenvalue weighted by Crippen LogP contribution is 2.30.